The van der Waals surface area contributed by atoms with Gasteiger partial charge >= 0.3 is 5.69 Å². The summed E-state index contributed by atoms with van der Waals surface area (Å²) in [5.74, 6) is 0.920. The summed E-state index contributed by atoms with van der Waals surface area (Å²) < 4.78 is 13.8. The number of nitro benzene ring substituents is 2. The summed E-state index contributed by atoms with van der Waals surface area (Å²) in [7, 11) is 0. The molecule has 23 aromatic rings. The standard InChI is InChI=1S/C25H17N.C24H16N2O2.C21H12ClN3O.C18H12ClN.C13H10.C6H4BrCl.C6H5NO4.CH4/c1-2-10-19-17(8-1)16-18-9-7-15-24(25(18)19)26-22-13-5-3-11-20(22)21-12-4-6-14-23(21)26;27-26(28)24-16-8-4-12-20(24)19-11-3-7-15-23(19)25-21-13-5-1-9-17(21)18-10-2-6-14-22(18)25;22-21-24-19(13-7-2-1-3-8-13)23-20(25-21)15-10-6-12-17-18(15)14-9-4-5-11-16(14)26-17;19-15-9-3-6-12-18(15)20-16-10-4-1-7-13(16)14-8-2-5-11-17(14)20;1-3-7-12-10(5-1)9-11-6-2-4-8-13(11)12;7-5-3-1-2-4-6(5)8;8-7(9)5-3-1-2-4-6(5)11-10;/h1-15H,16H2;1-16H;1-12H;1-12H;1-8H,9H2;1-4H;1-4,10H;1H4. The third-order valence-electron chi connectivity index (χ3n) is 23.4. The molecule has 2 aliphatic carbocycles. The van der Waals surface area contributed by atoms with Crippen LogP contribution in [0.2, 0.25) is 15.3 Å². The molecule has 0 spiro atoms. The summed E-state index contributed by atoms with van der Waals surface area (Å²) in [6.45, 7) is 0. The monoisotopic (exact) mass is 1860 g/mol. The number of benzene rings is 18. The maximum Gasteiger partial charge on any atom is 0.315 e. The van der Waals surface area contributed by atoms with Crippen LogP contribution in [0.3, 0.4) is 0 Å². The molecule has 646 valence electrons. The molecule has 0 saturated heterocycles. The fourth-order valence-electron chi connectivity index (χ4n) is 17.6. The van der Waals surface area contributed by atoms with Crippen molar-refractivity contribution in [1.82, 2.24) is 28.7 Å². The summed E-state index contributed by atoms with van der Waals surface area (Å²) in [6, 6.07) is 143. The molecule has 25 rings (SSSR count). The Bertz CT molecular complexity index is 8060. The van der Waals surface area contributed by atoms with Crippen molar-refractivity contribution in [1.29, 1.82) is 0 Å². The van der Waals surface area contributed by atoms with E-state index in [1.165, 1.54) is 118 Å². The van der Waals surface area contributed by atoms with Crippen LogP contribution >= 0.6 is 50.7 Å². The maximum atomic E-state index is 11.6. The minimum Gasteiger partial charge on any atom is -0.456 e. The predicted octanol–water partition coefficient (Wildman–Crippen LogP) is 32.4. The third-order valence-corrected chi connectivity index (χ3v) is 25.1. The van der Waals surface area contributed by atoms with Crippen molar-refractivity contribution in [3.8, 4) is 79.0 Å². The van der Waals surface area contributed by atoms with E-state index >= 15 is 0 Å². The molecule has 0 amide bonds. The zero-order valence-corrected chi connectivity index (χ0v) is 74.2. The quantitative estimate of drug-likeness (QED) is 0.0829. The van der Waals surface area contributed by atoms with E-state index in [9.17, 15) is 20.2 Å². The van der Waals surface area contributed by atoms with E-state index in [1.54, 1.807) is 12.1 Å². The van der Waals surface area contributed by atoms with Crippen LogP contribution in [0.5, 0.6) is 5.75 Å². The van der Waals surface area contributed by atoms with Crippen LogP contribution in [-0.2, 0) is 12.8 Å². The Hall–Kier alpha value is -15.9. The first kappa shape index (κ1) is 87.8. The van der Waals surface area contributed by atoms with Gasteiger partial charge in [-0.2, -0.15) is 9.97 Å². The van der Waals surface area contributed by atoms with Gasteiger partial charge in [-0.05, 0) is 176 Å². The number of nitro groups is 2. The van der Waals surface area contributed by atoms with Gasteiger partial charge < -0.3 is 23.0 Å². The highest BCUT2D eigenvalue weighted by Crippen LogP contribution is 2.46. The summed E-state index contributed by atoms with van der Waals surface area (Å²) in [5, 5.41) is 41.1. The SMILES string of the molecule is C.Clc1ccccc1-n1c2ccccc2c2ccccc21.Clc1ccccc1Br.Clc1nc(-c2ccccc2)nc(-c2cccc3oc4ccccc4c23)n1.O=[N+]([O-])c1ccccc1-c1ccccc1-n1c2ccccc2c2ccccc21.O=[N+]([O-])c1ccccc1OO.c1ccc2c(c1)Cc1cccc(-n3c4ccccc4c4ccccc43)c1-2.c1ccc2c(c1)Cc1ccccc1-2. The molecule has 2 aliphatic rings. The smallest absolute Gasteiger partial charge is 0.315 e. The van der Waals surface area contributed by atoms with E-state index in [2.05, 4.69) is 268 Å². The first-order valence-corrected chi connectivity index (χ1v) is 44.5. The van der Waals surface area contributed by atoms with Gasteiger partial charge in [-0.3, -0.25) is 20.2 Å². The molecule has 18 aromatic carbocycles. The molecule has 5 heterocycles. The Balaban J connectivity index is 0.000000107. The molecule has 0 bridgehead atoms. The lowest BCUT2D eigenvalue weighted by atomic mass is 10.0. The van der Waals surface area contributed by atoms with E-state index in [1.807, 2.05) is 176 Å². The fourth-order valence-corrected chi connectivity index (χ4v) is 18.4. The van der Waals surface area contributed by atoms with E-state index < -0.39 is 4.92 Å². The lowest BCUT2D eigenvalue weighted by Crippen LogP contribution is -1.99. The molecule has 0 aliphatic heterocycles. The molecular weight excluding hydrogens is 1780 g/mol. The first-order valence-electron chi connectivity index (χ1n) is 42.6. The molecule has 5 aromatic heterocycles. The maximum absolute atomic E-state index is 11.6. The zero-order chi connectivity index (χ0) is 90.1. The number of furan rings is 1. The van der Waals surface area contributed by atoms with Gasteiger partial charge in [-0.25, -0.2) is 10.2 Å². The van der Waals surface area contributed by atoms with Gasteiger partial charge in [0.05, 0.1) is 75.6 Å². The van der Waals surface area contributed by atoms with Crippen LogP contribution in [0.4, 0.5) is 11.4 Å². The highest BCUT2D eigenvalue weighted by molar-refractivity contribution is 9.10. The van der Waals surface area contributed by atoms with Crippen LogP contribution in [-0.4, -0.2) is 43.8 Å². The number of nitrogens with zero attached hydrogens (tertiary/aromatic N) is 8. The van der Waals surface area contributed by atoms with Crippen molar-refractivity contribution >= 4 is 149 Å². The van der Waals surface area contributed by atoms with Gasteiger partial charge in [0.25, 0.3) is 5.69 Å². The van der Waals surface area contributed by atoms with Gasteiger partial charge in [-0.1, -0.05) is 352 Å². The second kappa shape index (κ2) is 39.6. The zero-order valence-electron chi connectivity index (χ0n) is 70.4. The Kier molecular flexibility index (Phi) is 26.1. The molecule has 1 N–H and O–H groups in total. The number of fused-ring (bicyclic) bond motifs is 18. The van der Waals surface area contributed by atoms with Crippen LogP contribution in [0.25, 0.3) is 161 Å². The number of halogens is 4. The summed E-state index contributed by atoms with van der Waals surface area (Å²) >= 11 is 21.5. The summed E-state index contributed by atoms with van der Waals surface area (Å²) in [6.07, 6.45) is 2.13. The lowest BCUT2D eigenvalue weighted by Gasteiger charge is -2.14. The average molecular weight is 1860 g/mol. The molecule has 0 radical (unpaired) electrons. The minimum atomic E-state index is -0.633. The van der Waals surface area contributed by atoms with E-state index in [4.69, 9.17) is 44.5 Å². The Labute approximate surface area is 788 Å². The van der Waals surface area contributed by atoms with Crippen molar-refractivity contribution in [3.63, 3.8) is 0 Å². The van der Waals surface area contributed by atoms with Crippen molar-refractivity contribution < 1.29 is 24.4 Å². The molecule has 0 fully saturated rings. The summed E-state index contributed by atoms with van der Waals surface area (Å²) in [5.41, 5.74) is 26.3. The van der Waals surface area contributed by atoms with Crippen LogP contribution in [0.15, 0.2) is 440 Å². The van der Waals surface area contributed by atoms with Crippen LogP contribution in [0, 0.1) is 20.2 Å². The minimum absolute atomic E-state index is 0. The lowest BCUT2D eigenvalue weighted by molar-refractivity contribution is -0.387. The van der Waals surface area contributed by atoms with E-state index in [-0.39, 0.29) is 34.8 Å². The Morgan fingerprint density at radius 1 is 0.316 bits per heavy atom. The van der Waals surface area contributed by atoms with Crippen LogP contribution < -0.4 is 4.89 Å². The second-order valence-corrected chi connectivity index (χ2v) is 33.1. The number of hydrogen-bond donors (Lipinski definition) is 1. The van der Waals surface area contributed by atoms with Crippen molar-refractivity contribution in [2.45, 2.75) is 20.3 Å². The number of para-hydroxylation sites is 12. The molecule has 19 heteroatoms. The van der Waals surface area contributed by atoms with Gasteiger partial charge in [0.15, 0.2) is 11.6 Å². The highest BCUT2D eigenvalue weighted by Gasteiger charge is 2.26. The normalized spacial score (nSPS) is 11.2. The molecule has 0 saturated carbocycles. The molecule has 0 unspecified atom stereocenters. The van der Waals surface area contributed by atoms with Gasteiger partial charge in [0.2, 0.25) is 11.0 Å². The van der Waals surface area contributed by atoms with Gasteiger partial charge in [0, 0.05) is 81.9 Å². The van der Waals surface area contributed by atoms with Gasteiger partial charge in [0.1, 0.15) is 11.2 Å². The number of aromatic nitrogens is 6. The van der Waals surface area contributed by atoms with E-state index in [0.29, 0.717) is 17.2 Å². The summed E-state index contributed by atoms with van der Waals surface area (Å²) in [4.78, 5) is 37.9. The predicted molar refractivity (Wildman–Crippen MR) is 548 cm³/mol. The third kappa shape index (κ3) is 17.8. The Morgan fingerprint density at radius 2 is 0.677 bits per heavy atom. The van der Waals surface area contributed by atoms with Crippen molar-refractivity contribution in [3.05, 3.63) is 493 Å². The molecule has 133 heavy (non-hydrogen) atoms. The average Bonchev–Trinajstić information content (AvgIpc) is 1.59. The molecule has 0 atom stereocenters. The number of hydrogen-bond acceptors (Lipinski definition) is 10. The molecular formula is C114H80BrCl3N8O7. The number of rotatable bonds is 9. The van der Waals surface area contributed by atoms with E-state index in [0.717, 1.165) is 99.2 Å². The van der Waals surface area contributed by atoms with Crippen molar-refractivity contribution in [2.24, 2.45) is 0 Å². The van der Waals surface area contributed by atoms with Crippen LogP contribution in [0.1, 0.15) is 29.7 Å². The first-order chi connectivity index (χ1) is 64.8. The van der Waals surface area contributed by atoms with Gasteiger partial charge in [-0.15, -0.1) is 0 Å². The fraction of sp³-hybridized carbons (Fsp3) is 0.0263. The van der Waals surface area contributed by atoms with Crippen molar-refractivity contribution in [2.75, 3.05) is 0 Å². The Morgan fingerprint density at radius 3 is 1.19 bits per heavy atom. The largest absolute Gasteiger partial charge is 0.456 e. The second-order valence-electron chi connectivity index (χ2n) is 31.1. The highest BCUT2D eigenvalue weighted by atomic mass is 79.9. The molecule has 15 nitrogen and oxygen atoms in total. The topological polar surface area (TPSA) is 182 Å².